The van der Waals surface area contributed by atoms with E-state index in [2.05, 4.69) is 10.6 Å². The molecule has 0 unspecified atom stereocenters. The van der Waals surface area contributed by atoms with Crippen LogP contribution >= 0.6 is 11.6 Å². The quantitative estimate of drug-likeness (QED) is 0.393. The SMILES string of the molecule is COc1c(N2CCC3(CC2)COC(=O)N3)c(F)cc2c(=O)c(C(=O)NCc3ccc(Cl)cc3C)cn(CC(F)(F)F)c12. The minimum absolute atomic E-state index is 0.0167. The van der Waals surface area contributed by atoms with Gasteiger partial charge in [0.05, 0.1) is 23.6 Å². The number of benzene rings is 2. The Bertz CT molecular complexity index is 1630. The number of carbonyl (C=O) groups is 2. The van der Waals surface area contributed by atoms with Crippen LogP contribution in [0, 0.1) is 12.7 Å². The number of alkyl carbamates (subject to hydrolysis) is 1. The first kappa shape index (κ1) is 29.5. The third-order valence-electron chi connectivity index (χ3n) is 7.67. The molecule has 2 amide bonds. The number of halogens is 5. The van der Waals surface area contributed by atoms with Gasteiger partial charge in [0.25, 0.3) is 5.91 Å². The van der Waals surface area contributed by atoms with E-state index < -0.39 is 52.5 Å². The molecule has 3 aromatic rings. The van der Waals surface area contributed by atoms with Crippen molar-refractivity contribution < 1.29 is 36.6 Å². The Morgan fingerprint density at radius 1 is 1.21 bits per heavy atom. The van der Waals surface area contributed by atoms with Gasteiger partial charge in [-0.1, -0.05) is 17.7 Å². The van der Waals surface area contributed by atoms with Crippen molar-refractivity contribution in [1.82, 2.24) is 15.2 Å². The Kier molecular flexibility index (Phi) is 7.73. The fraction of sp³-hybridized carbons (Fsp3) is 0.393. The number of alkyl halides is 3. The second-order valence-corrected chi connectivity index (χ2v) is 10.9. The summed E-state index contributed by atoms with van der Waals surface area (Å²) in [6.45, 7) is 0.815. The highest BCUT2D eigenvalue weighted by Gasteiger charge is 2.43. The van der Waals surface area contributed by atoms with Gasteiger partial charge in [0, 0.05) is 30.9 Å². The molecule has 0 atom stereocenters. The van der Waals surface area contributed by atoms with E-state index in [-0.39, 0.29) is 43.2 Å². The molecule has 2 N–H and O–H groups in total. The van der Waals surface area contributed by atoms with Crippen molar-refractivity contribution >= 4 is 40.2 Å². The largest absolute Gasteiger partial charge is 0.492 e. The third kappa shape index (κ3) is 5.69. The van der Waals surface area contributed by atoms with Crippen molar-refractivity contribution in [3.05, 3.63) is 68.2 Å². The standard InChI is InChI=1S/C28H27ClF4N4O5/c1-15-9-17(29)4-3-16(15)11-34-25(39)19-12-37(13-28(31,32)33)21-18(23(19)38)10-20(30)22(24(21)41-2)36-7-5-27(6-8-36)14-42-26(40)35-27/h3-4,9-10,12H,5-8,11,13-14H2,1-2H3,(H,34,39)(H,35,40). The van der Waals surface area contributed by atoms with Crippen molar-refractivity contribution in [2.45, 2.75) is 44.6 Å². The highest BCUT2D eigenvalue weighted by molar-refractivity contribution is 6.30. The molecule has 42 heavy (non-hydrogen) atoms. The molecule has 3 heterocycles. The number of ether oxygens (including phenoxy) is 2. The fourth-order valence-electron chi connectivity index (χ4n) is 5.50. The van der Waals surface area contributed by atoms with Crippen LogP contribution in [0.1, 0.15) is 34.3 Å². The first-order valence-electron chi connectivity index (χ1n) is 13.0. The topological polar surface area (TPSA) is 102 Å². The number of nitrogens with zero attached hydrogens (tertiary/aromatic N) is 2. The molecule has 0 bridgehead atoms. The predicted molar refractivity (Wildman–Crippen MR) is 147 cm³/mol. The molecule has 1 aromatic heterocycles. The summed E-state index contributed by atoms with van der Waals surface area (Å²) in [5.41, 5.74) is -1.09. The summed E-state index contributed by atoms with van der Waals surface area (Å²) >= 11 is 5.97. The maximum Gasteiger partial charge on any atom is 0.407 e. The van der Waals surface area contributed by atoms with Gasteiger partial charge in [0.15, 0.2) is 11.6 Å². The Balaban J connectivity index is 1.55. The number of fused-ring (bicyclic) bond motifs is 1. The molecule has 2 aliphatic heterocycles. The van der Waals surface area contributed by atoms with Crippen LogP contribution in [0.2, 0.25) is 5.02 Å². The van der Waals surface area contributed by atoms with E-state index in [1.54, 1.807) is 30.0 Å². The van der Waals surface area contributed by atoms with Gasteiger partial charge in [-0.2, -0.15) is 13.2 Å². The highest BCUT2D eigenvalue weighted by Crippen LogP contribution is 2.41. The predicted octanol–water partition coefficient (Wildman–Crippen LogP) is 4.68. The van der Waals surface area contributed by atoms with E-state index in [4.69, 9.17) is 21.1 Å². The van der Waals surface area contributed by atoms with Gasteiger partial charge in [-0.3, -0.25) is 9.59 Å². The van der Waals surface area contributed by atoms with Gasteiger partial charge in [-0.15, -0.1) is 0 Å². The maximum atomic E-state index is 15.7. The third-order valence-corrected chi connectivity index (χ3v) is 7.91. The van der Waals surface area contributed by atoms with E-state index in [1.165, 1.54) is 7.11 Å². The minimum atomic E-state index is -4.74. The van der Waals surface area contributed by atoms with Crippen LogP contribution in [-0.2, 0) is 17.8 Å². The lowest BCUT2D eigenvalue weighted by atomic mass is 9.88. The van der Waals surface area contributed by atoms with Crippen LogP contribution in [0.15, 0.2) is 35.3 Å². The van der Waals surface area contributed by atoms with E-state index in [1.807, 2.05) is 0 Å². The molecule has 1 spiro atoms. The summed E-state index contributed by atoms with van der Waals surface area (Å²) in [6, 6.07) is 5.82. The lowest BCUT2D eigenvalue weighted by Crippen LogP contribution is -2.52. The first-order valence-corrected chi connectivity index (χ1v) is 13.4. The molecular weight excluding hydrogens is 584 g/mol. The number of pyridine rings is 1. The average Bonchev–Trinajstić information content (AvgIpc) is 3.28. The van der Waals surface area contributed by atoms with Gasteiger partial charge in [-0.25, -0.2) is 9.18 Å². The zero-order chi connectivity index (χ0) is 30.4. The molecule has 2 fully saturated rings. The Hall–Kier alpha value is -4.00. The number of hydrogen-bond acceptors (Lipinski definition) is 6. The summed E-state index contributed by atoms with van der Waals surface area (Å²) in [5, 5.41) is 5.39. The number of rotatable bonds is 6. The molecular formula is C28H27ClF4N4O5. The van der Waals surface area contributed by atoms with Gasteiger partial charge in [-0.05, 0) is 49.1 Å². The Morgan fingerprint density at radius 3 is 2.52 bits per heavy atom. The number of piperidine rings is 1. The van der Waals surface area contributed by atoms with Crippen LogP contribution in [0.3, 0.4) is 0 Å². The summed E-state index contributed by atoms with van der Waals surface area (Å²) < 4.78 is 68.1. The Labute approximate surface area is 242 Å². The lowest BCUT2D eigenvalue weighted by molar-refractivity contribution is -0.140. The number of aryl methyl sites for hydroxylation is 1. The number of amides is 2. The molecule has 0 saturated carbocycles. The molecule has 5 rings (SSSR count). The normalized spacial score (nSPS) is 16.5. The number of nitrogens with one attached hydrogen (secondary N) is 2. The van der Waals surface area contributed by atoms with E-state index in [0.717, 1.165) is 17.8 Å². The van der Waals surface area contributed by atoms with Crippen molar-refractivity contribution in [2.24, 2.45) is 0 Å². The number of methoxy groups -OCH3 is 1. The minimum Gasteiger partial charge on any atom is -0.492 e. The van der Waals surface area contributed by atoms with Gasteiger partial charge < -0.3 is 29.6 Å². The van der Waals surface area contributed by atoms with Crippen LogP contribution in [-0.4, -0.2) is 55.1 Å². The van der Waals surface area contributed by atoms with Crippen molar-refractivity contribution in [3.63, 3.8) is 0 Å². The zero-order valence-corrected chi connectivity index (χ0v) is 23.4. The molecule has 14 heteroatoms. The van der Waals surface area contributed by atoms with E-state index in [0.29, 0.717) is 28.0 Å². The number of aromatic nitrogens is 1. The Morgan fingerprint density at radius 2 is 1.93 bits per heavy atom. The number of anilines is 1. The number of cyclic esters (lactones) is 1. The first-order chi connectivity index (χ1) is 19.8. The van der Waals surface area contributed by atoms with Crippen LogP contribution in [0.25, 0.3) is 10.9 Å². The molecule has 9 nitrogen and oxygen atoms in total. The second kappa shape index (κ2) is 11.0. The van der Waals surface area contributed by atoms with Gasteiger partial charge >= 0.3 is 12.3 Å². The molecule has 2 saturated heterocycles. The summed E-state index contributed by atoms with van der Waals surface area (Å²) in [6.07, 6.45) is -3.68. The average molecular weight is 611 g/mol. The summed E-state index contributed by atoms with van der Waals surface area (Å²) in [4.78, 5) is 39.7. The fourth-order valence-corrected chi connectivity index (χ4v) is 5.73. The van der Waals surface area contributed by atoms with Gasteiger partial charge in [0.1, 0.15) is 24.4 Å². The lowest BCUT2D eigenvalue weighted by Gasteiger charge is -2.39. The van der Waals surface area contributed by atoms with Gasteiger partial charge in [0.2, 0.25) is 5.43 Å². The zero-order valence-electron chi connectivity index (χ0n) is 22.7. The van der Waals surface area contributed by atoms with Crippen LogP contribution < -0.4 is 25.7 Å². The van der Waals surface area contributed by atoms with Crippen LogP contribution in [0.4, 0.5) is 28.0 Å². The molecule has 2 aliphatic rings. The molecule has 224 valence electrons. The molecule has 0 aliphatic carbocycles. The maximum absolute atomic E-state index is 15.7. The van der Waals surface area contributed by atoms with E-state index >= 15 is 4.39 Å². The second-order valence-electron chi connectivity index (χ2n) is 10.5. The number of carbonyl (C=O) groups excluding carboxylic acids is 2. The van der Waals surface area contributed by atoms with Crippen LogP contribution in [0.5, 0.6) is 5.75 Å². The number of hydrogen-bond donors (Lipinski definition) is 2. The molecule has 2 aromatic carbocycles. The summed E-state index contributed by atoms with van der Waals surface area (Å²) in [7, 11) is 1.17. The smallest absolute Gasteiger partial charge is 0.407 e. The highest BCUT2D eigenvalue weighted by atomic mass is 35.5. The van der Waals surface area contributed by atoms with Crippen molar-refractivity contribution in [2.75, 3.05) is 31.7 Å². The van der Waals surface area contributed by atoms with Crippen molar-refractivity contribution in [1.29, 1.82) is 0 Å². The monoisotopic (exact) mass is 610 g/mol. The molecule has 0 radical (unpaired) electrons. The summed E-state index contributed by atoms with van der Waals surface area (Å²) in [5.74, 6) is -2.08. The van der Waals surface area contributed by atoms with Crippen molar-refractivity contribution in [3.8, 4) is 5.75 Å². The van der Waals surface area contributed by atoms with E-state index in [9.17, 15) is 27.6 Å².